The average molecular weight is 172 g/mol. The number of thiol groups is 1. The summed E-state index contributed by atoms with van der Waals surface area (Å²) in [4.78, 5) is 0.316. The predicted molar refractivity (Wildman–Crippen MR) is 44.8 cm³/mol. The zero-order valence-corrected chi connectivity index (χ0v) is 7.07. The van der Waals surface area contributed by atoms with Crippen LogP contribution in [-0.2, 0) is 0 Å². The molecule has 0 aliphatic carbocycles. The molecule has 1 aromatic rings. The van der Waals surface area contributed by atoms with Crippen LogP contribution in [0.15, 0.2) is 23.1 Å². The van der Waals surface area contributed by atoms with Gasteiger partial charge in [-0.2, -0.15) is 0 Å². The molecule has 0 aromatic heterocycles. The van der Waals surface area contributed by atoms with Crippen molar-refractivity contribution in [1.29, 1.82) is 0 Å². The van der Waals surface area contributed by atoms with Gasteiger partial charge < -0.3 is 4.74 Å². The standard InChI is InChI=1S/C8H9FOS/c1-2-10-6-3-4-7(9)8(11)5-6/h3-5,11H,2H2,1H3. The Hall–Kier alpha value is -0.700. The van der Waals surface area contributed by atoms with Crippen LogP contribution < -0.4 is 4.74 Å². The fraction of sp³-hybridized carbons (Fsp3) is 0.250. The highest BCUT2D eigenvalue weighted by Crippen LogP contribution is 2.19. The molecule has 60 valence electrons. The third-order valence-electron chi connectivity index (χ3n) is 1.23. The molecule has 11 heavy (non-hydrogen) atoms. The van der Waals surface area contributed by atoms with E-state index in [1.54, 1.807) is 12.1 Å². The van der Waals surface area contributed by atoms with Crippen molar-refractivity contribution in [3.63, 3.8) is 0 Å². The minimum Gasteiger partial charge on any atom is -0.494 e. The van der Waals surface area contributed by atoms with Crippen molar-refractivity contribution in [2.75, 3.05) is 6.61 Å². The lowest BCUT2D eigenvalue weighted by atomic mass is 10.3. The van der Waals surface area contributed by atoms with Gasteiger partial charge in [0.05, 0.1) is 6.61 Å². The number of hydrogen-bond donors (Lipinski definition) is 1. The molecule has 0 heterocycles. The first-order valence-corrected chi connectivity index (χ1v) is 3.80. The highest BCUT2D eigenvalue weighted by atomic mass is 32.1. The monoisotopic (exact) mass is 172 g/mol. The van der Waals surface area contributed by atoms with Crippen LogP contribution in [0.5, 0.6) is 5.75 Å². The molecule has 0 aliphatic rings. The van der Waals surface area contributed by atoms with E-state index in [1.807, 2.05) is 6.92 Å². The lowest BCUT2D eigenvalue weighted by molar-refractivity contribution is 0.338. The summed E-state index contributed by atoms with van der Waals surface area (Å²) in [5.41, 5.74) is 0. The molecule has 0 fully saturated rings. The summed E-state index contributed by atoms with van der Waals surface area (Å²) in [6.45, 7) is 2.46. The molecule has 1 rings (SSSR count). The maximum atomic E-state index is 12.6. The van der Waals surface area contributed by atoms with Gasteiger partial charge in [-0.05, 0) is 25.1 Å². The summed E-state index contributed by atoms with van der Waals surface area (Å²) < 4.78 is 17.7. The first-order valence-electron chi connectivity index (χ1n) is 3.35. The molecule has 1 aromatic carbocycles. The minimum atomic E-state index is -0.322. The van der Waals surface area contributed by atoms with Crippen molar-refractivity contribution in [1.82, 2.24) is 0 Å². The molecule has 0 aliphatic heterocycles. The molecule has 0 saturated heterocycles. The number of ether oxygens (including phenoxy) is 1. The molecule has 0 atom stereocenters. The summed E-state index contributed by atoms with van der Waals surface area (Å²) in [5.74, 6) is 0.329. The second-order valence-electron chi connectivity index (χ2n) is 2.05. The largest absolute Gasteiger partial charge is 0.494 e. The number of benzene rings is 1. The molecular formula is C8H9FOS. The van der Waals surface area contributed by atoms with E-state index in [0.29, 0.717) is 17.3 Å². The predicted octanol–water partition coefficient (Wildman–Crippen LogP) is 2.51. The number of hydrogen-bond acceptors (Lipinski definition) is 2. The van der Waals surface area contributed by atoms with Crippen molar-refractivity contribution in [2.45, 2.75) is 11.8 Å². The van der Waals surface area contributed by atoms with Crippen LogP contribution in [0.2, 0.25) is 0 Å². The van der Waals surface area contributed by atoms with Gasteiger partial charge in [0.15, 0.2) is 0 Å². The highest BCUT2D eigenvalue weighted by molar-refractivity contribution is 7.80. The molecular weight excluding hydrogens is 163 g/mol. The van der Waals surface area contributed by atoms with E-state index in [2.05, 4.69) is 12.6 Å². The Labute approximate surface area is 70.6 Å². The Kier molecular flexibility index (Phi) is 2.76. The maximum Gasteiger partial charge on any atom is 0.136 e. The van der Waals surface area contributed by atoms with E-state index < -0.39 is 0 Å². The third kappa shape index (κ3) is 2.12. The fourth-order valence-electron chi connectivity index (χ4n) is 0.749. The Bertz CT molecular complexity index is 250. The Morgan fingerprint density at radius 3 is 2.82 bits per heavy atom. The second kappa shape index (κ2) is 3.62. The molecule has 3 heteroatoms. The molecule has 1 nitrogen and oxygen atoms in total. The van der Waals surface area contributed by atoms with Gasteiger partial charge in [-0.1, -0.05) is 0 Å². The average Bonchev–Trinajstić information content (AvgIpc) is 1.98. The van der Waals surface area contributed by atoms with Crippen LogP contribution in [0.3, 0.4) is 0 Å². The van der Waals surface area contributed by atoms with Gasteiger partial charge in [-0.3, -0.25) is 0 Å². The van der Waals surface area contributed by atoms with E-state index in [1.165, 1.54) is 6.07 Å². The zero-order chi connectivity index (χ0) is 8.27. The van der Waals surface area contributed by atoms with Crippen molar-refractivity contribution in [2.24, 2.45) is 0 Å². The summed E-state index contributed by atoms with van der Waals surface area (Å²) >= 11 is 3.91. The van der Waals surface area contributed by atoms with Crippen LogP contribution in [0.1, 0.15) is 6.92 Å². The molecule has 0 bridgehead atoms. The van der Waals surface area contributed by atoms with Gasteiger partial charge in [-0.15, -0.1) is 12.6 Å². The smallest absolute Gasteiger partial charge is 0.136 e. The van der Waals surface area contributed by atoms with E-state index in [0.717, 1.165) is 0 Å². The quantitative estimate of drug-likeness (QED) is 0.674. The second-order valence-corrected chi connectivity index (χ2v) is 2.53. The lowest BCUT2D eigenvalue weighted by Gasteiger charge is -2.02. The molecule has 0 amide bonds. The molecule has 0 radical (unpaired) electrons. The van der Waals surface area contributed by atoms with Crippen LogP contribution in [0.25, 0.3) is 0 Å². The SMILES string of the molecule is CCOc1ccc(F)c(S)c1. The van der Waals surface area contributed by atoms with Gasteiger partial charge in [0.2, 0.25) is 0 Å². The molecule has 0 saturated carbocycles. The summed E-state index contributed by atoms with van der Waals surface area (Å²) in [7, 11) is 0. The van der Waals surface area contributed by atoms with Crippen LogP contribution in [-0.4, -0.2) is 6.61 Å². The first kappa shape index (κ1) is 8.40. The van der Waals surface area contributed by atoms with Crippen LogP contribution in [0.4, 0.5) is 4.39 Å². The van der Waals surface area contributed by atoms with E-state index in [-0.39, 0.29) is 5.82 Å². The van der Waals surface area contributed by atoms with E-state index >= 15 is 0 Å². The summed E-state index contributed by atoms with van der Waals surface area (Å²) in [5, 5.41) is 0. The van der Waals surface area contributed by atoms with Crippen molar-refractivity contribution in [3.8, 4) is 5.75 Å². The van der Waals surface area contributed by atoms with Gasteiger partial charge in [0, 0.05) is 4.90 Å². The number of halogens is 1. The first-order chi connectivity index (χ1) is 5.24. The fourth-order valence-corrected chi connectivity index (χ4v) is 0.951. The van der Waals surface area contributed by atoms with Gasteiger partial charge in [0.25, 0.3) is 0 Å². The zero-order valence-electron chi connectivity index (χ0n) is 6.17. The van der Waals surface area contributed by atoms with Crippen molar-refractivity contribution in [3.05, 3.63) is 24.0 Å². The van der Waals surface area contributed by atoms with Crippen LogP contribution >= 0.6 is 12.6 Å². The van der Waals surface area contributed by atoms with Crippen molar-refractivity contribution >= 4 is 12.6 Å². The Morgan fingerprint density at radius 1 is 1.55 bits per heavy atom. The van der Waals surface area contributed by atoms with Gasteiger partial charge in [-0.25, -0.2) is 4.39 Å². The molecule has 0 spiro atoms. The van der Waals surface area contributed by atoms with Crippen LogP contribution in [0, 0.1) is 5.82 Å². The Balaban J connectivity index is 2.86. The maximum absolute atomic E-state index is 12.6. The molecule has 0 N–H and O–H groups in total. The van der Waals surface area contributed by atoms with Gasteiger partial charge in [0.1, 0.15) is 11.6 Å². The lowest BCUT2D eigenvalue weighted by Crippen LogP contribution is -1.91. The van der Waals surface area contributed by atoms with Crippen molar-refractivity contribution < 1.29 is 9.13 Å². The Morgan fingerprint density at radius 2 is 2.27 bits per heavy atom. The highest BCUT2D eigenvalue weighted by Gasteiger charge is 1.98. The van der Waals surface area contributed by atoms with E-state index in [9.17, 15) is 4.39 Å². The summed E-state index contributed by atoms with van der Waals surface area (Å²) in [6.07, 6.45) is 0. The summed E-state index contributed by atoms with van der Waals surface area (Å²) in [6, 6.07) is 4.48. The van der Waals surface area contributed by atoms with E-state index in [4.69, 9.17) is 4.74 Å². The normalized spacial score (nSPS) is 9.73. The minimum absolute atomic E-state index is 0.316. The number of rotatable bonds is 2. The third-order valence-corrected chi connectivity index (χ3v) is 1.57. The van der Waals surface area contributed by atoms with Gasteiger partial charge >= 0.3 is 0 Å². The molecule has 0 unspecified atom stereocenters. The topological polar surface area (TPSA) is 9.23 Å².